The molecule has 0 aliphatic carbocycles. The largest absolute Gasteiger partial charge is 0.445 e. The average molecular weight is 462 g/mol. The molecule has 3 atom stereocenters. The number of benzene rings is 1. The third kappa shape index (κ3) is 12.3. The van der Waals surface area contributed by atoms with Gasteiger partial charge in [0.2, 0.25) is 11.8 Å². The molecule has 1 rings (SSSR count). The molecular weight excluding hydrogens is 418 g/mol. The second kappa shape index (κ2) is 14.6. The molecule has 0 saturated carbocycles. The first-order valence-electron chi connectivity index (χ1n) is 12.1. The summed E-state index contributed by atoms with van der Waals surface area (Å²) in [5.74, 6) is 0.269. The minimum Gasteiger partial charge on any atom is -0.445 e. The van der Waals surface area contributed by atoms with Crippen molar-refractivity contribution in [3.63, 3.8) is 0 Å². The van der Waals surface area contributed by atoms with Crippen LogP contribution in [0.25, 0.3) is 0 Å². The Morgan fingerprint density at radius 2 is 1.18 bits per heavy atom. The zero-order chi connectivity index (χ0) is 25.0. The van der Waals surface area contributed by atoms with Gasteiger partial charge in [-0.25, -0.2) is 4.79 Å². The van der Waals surface area contributed by atoms with Crippen molar-refractivity contribution in [2.75, 3.05) is 0 Å². The van der Waals surface area contributed by atoms with Gasteiger partial charge in [-0.2, -0.15) is 0 Å². The summed E-state index contributed by atoms with van der Waals surface area (Å²) in [5.41, 5.74) is 0.863. The molecule has 0 aliphatic heterocycles. The number of amides is 3. The molecule has 3 N–H and O–H groups in total. The van der Waals surface area contributed by atoms with Crippen molar-refractivity contribution in [3.05, 3.63) is 35.9 Å². The fraction of sp³-hybridized carbons (Fsp3) is 0.654. The average Bonchev–Trinajstić information content (AvgIpc) is 2.70. The Hall–Kier alpha value is -2.57. The van der Waals surface area contributed by atoms with E-state index in [4.69, 9.17) is 4.74 Å². The maximum absolute atomic E-state index is 13.1. The van der Waals surface area contributed by atoms with Crippen LogP contribution in [0.15, 0.2) is 30.3 Å². The van der Waals surface area contributed by atoms with E-state index in [2.05, 4.69) is 29.8 Å². The number of rotatable bonds is 13. The highest BCUT2D eigenvalue weighted by Gasteiger charge is 2.29. The van der Waals surface area contributed by atoms with E-state index in [0.29, 0.717) is 18.8 Å². The van der Waals surface area contributed by atoms with E-state index in [0.717, 1.165) is 12.0 Å². The molecule has 33 heavy (non-hydrogen) atoms. The maximum Gasteiger partial charge on any atom is 0.408 e. The van der Waals surface area contributed by atoms with Crippen LogP contribution in [0, 0.1) is 17.8 Å². The second-order valence-corrected chi connectivity index (χ2v) is 10.1. The van der Waals surface area contributed by atoms with Crippen LogP contribution in [-0.2, 0) is 20.9 Å². The lowest BCUT2D eigenvalue weighted by atomic mass is 9.99. The van der Waals surface area contributed by atoms with Gasteiger partial charge in [-0.15, -0.1) is 0 Å². The molecule has 0 bridgehead atoms. The van der Waals surface area contributed by atoms with Crippen molar-refractivity contribution in [1.29, 1.82) is 0 Å². The maximum atomic E-state index is 13.1. The minimum atomic E-state index is -0.788. The summed E-state index contributed by atoms with van der Waals surface area (Å²) >= 11 is 0. The summed E-state index contributed by atoms with van der Waals surface area (Å²) < 4.78 is 5.29. The van der Waals surface area contributed by atoms with Gasteiger partial charge in [-0.05, 0) is 49.5 Å². The summed E-state index contributed by atoms with van der Waals surface area (Å²) in [6.07, 6.45) is 1.15. The second-order valence-electron chi connectivity index (χ2n) is 10.1. The number of hydrogen-bond donors (Lipinski definition) is 3. The van der Waals surface area contributed by atoms with Crippen LogP contribution in [0.5, 0.6) is 0 Å². The van der Waals surface area contributed by atoms with Crippen molar-refractivity contribution in [2.24, 2.45) is 17.8 Å². The smallest absolute Gasteiger partial charge is 0.408 e. The van der Waals surface area contributed by atoms with Crippen molar-refractivity contribution in [3.8, 4) is 0 Å². The number of carbonyl (C=O) groups excluding carboxylic acids is 3. The molecule has 0 saturated heterocycles. The van der Waals surface area contributed by atoms with Crippen LogP contribution in [-0.4, -0.2) is 36.0 Å². The highest BCUT2D eigenvalue weighted by molar-refractivity contribution is 5.91. The number of carbonyl (C=O) groups is 3. The van der Waals surface area contributed by atoms with Crippen LogP contribution in [0.4, 0.5) is 4.79 Å². The Morgan fingerprint density at radius 3 is 1.70 bits per heavy atom. The fourth-order valence-corrected chi connectivity index (χ4v) is 3.69. The summed E-state index contributed by atoms with van der Waals surface area (Å²) in [7, 11) is 0. The van der Waals surface area contributed by atoms with Gasteiger partial charge >= 0.3 is 6.09 Å². The molecule has 7 heteroatoms. The third-order valence-corrected chi connectivity index (χ3v) is 5.08. The topological polar surface area (TPSA) is 96.5 Å². The summed E-state index contributed by atoms with van der Waals surface area (Å²) in [5, 5.41) is 8.56. The molecule has 3 unspecified atom stereocenters. The van der Waals surface area contributed by atoms with Crippen molar-refractivity contribution in [1.82, 2.24) is 16.0 Å². The van der Waals surface area contributed by atoms with E-state index < -0.39 is 18.2 Å². The Morgan fingerprint density at radius 1 is 0.697 bits per heavy atom. The van der Waals surface area contributed by atoms with Crippen molar-refractivity contribution < 1.29 is 19.1 Å². The zero-order valence-electron chi connectivity index (χ0n) is 21.3. The van der Waals surface area contributed by atoms with E-state index >= 15 is 0 Å². The molecule has 0 aromatic heterocycles. The SMILES string of the molecule is CC(C)CC(C)NC(=O)C(CC(C)C)NC(=O)C(CC(C)C)NC(=O)OCc1ccccc1. The van der Waals surface area contributed by atoms with Gasteiger partial charge < -0.3 is 20.7 Å². The molecule has 7 nitrogen and oxygen atoms in total. The highest BCUT2D eigenvalue weighted by Crippen LogP contribution is 2.11. The minimum absolute atomic E-state index is 0.0154. The van der Waals surface area contributed by atoms with E-state index in [1.165, 1.54) is 0 Å². The first-order valence-corrected chi connectivity index (χ1v) is 12.1. The first-order chi connectivity index (χ1) is 15.5. The monoisotopic (exact) mass is 461 g/mol. The van der Waals surface area contributed by atoms with Crippen LogP contribution in [0.3, 0.4) is 0 Å². The van der Waals surface area contributed by atoms with Crippen molar-refractivity contribution >= 4 is 17.9 Å². The van der Waals surface area contributed by atoms with Gasteiger partial charge in [-0.1, -0.05) is 71.9 Å². The normalized spacial score (nSPS) is 14.0. The molecular formula is C26H43N3O4. The predicted octanol–water partition coefficient (Wildman–Crippen LogP) is 4.41. The molecule has 1 aromatic rings. The van der Waals surface area contributed by atoms with Gasteiger partial charge in [0, 0.05) is 6.04 Å². The molecule has 3 amide bonds. The quantitative estimate of drug-likeness (QED) is 0.405. The van der Waals surface area contributed by atoms with Gasteiger partial charge in [0.15, 0.2) is 0 Å². The van der Waals surface area contributed by atoms with Crippen LogP contribution >= 0.6 is 0 Å². The van der Waals surface area contributed by atoms with Gasteiger partial charge in [0.05, 0.1) is 0 Å². The molecule has 0 spiro atoms. The third-order valence-electron chi connectivity index (χ3n) is 5.08. The molecule has 0 fully saturated rings. The van der Waals surface area contributed by atoms with Gasteiger partial charge in [0.1, 0.15) is 18.7 Å². The van der Waals surface area contributed by atoms with Crippen LogP contribution in [0.2, 0.25) is 0 Å². The van der Waals surface area contributed by atoms with Crippen LogP contribution in [0.1, 0.15) is 73.3 Å². The van der Waals surface area contributed by atoms with Gasteiger partial charge in [-0.3, -0.25) is 9.59 Å². The van der Waals surface area contributed by atoms with Crippen molar-refractivity contribution in [2.45, 2.75) is 92.5 Å². The van der Waals surface area contributed by atoms with E-state index in [9.17, 15) is 14.4 Å². The number of nitrogens with one attached hydrogen (secondary N) is 3. The fourth-order valence-electron chi connectivity index (χ4n) is 3.69. The molecule has 1 aromatic carbocycles. The molecule has 186 valence electrons. The summed E-state index contributed by atoms with van der Waals surface area (Å²) in [4.78, 5) is 38.3. The lowest BCUT2D eigenvalue weighted by Crippen LogP contribution is -2.55. The number of ether oxygens (including phenoxy) is 1. The van der Waals surface area contributed by atoms with Gasteiger partial charge in [0.25, 0.3) is 0 Å². The van der Waals surface area contributed by atoms with E-state index in [-0.39, 0.29) is 36.3 Å². The standard InChI is InChI=1S/C26H43N3O4/c1-17(2)13-20(7)27-24(30)22(14-18(3)4)28-25(31)23(15-19(5)6)29-26(32)33-16-21-11-9-8-10-12-21/h8-12,17-20,22-23H,13-16H2,1-7H3,(H,27,30)(H,28,31)(H,29,32). The Kier molecular flexibility index (Phi) is 12.6. The summed E-state index contributed by atoms with van der Waals surface area (Å²) in [6, 6.07) is 7.91. The molecule has 0 heterocycles. The van der Waals surface area contributed by atoms with E-state index in [1.807, 2.05) is 65.0 Å². The summed E-state index contributed by atoms with van der Waals surface area (Å²) in [6.45, 7) is 14.3. The number of alkyl carbamates (subject to hydrolysis) is 1. The lowest BCUT2D eigenvalue weighted by molar-refractivity contribution is -0.131. The van der Waals surface area contributed by atoms with E-state index in [1.54, 1.807) is 0 Å². The first kappa shape index (κ1) is 28.5. The lowest BCUT2D eigenvalue weighted by Gasteiger charge is -2.26. The molecule has 0 radical (unpaired) electrons. The molecule has 0 aliphatic rings. The zero-order valence-corrected chi connectivity index (χ0v) is 21.3. The Bertz CT molecular complexity index is 734. The number of hydrogen-bond acceptors (Lipinski definition) is 4. The van der Waals surface area contributed by atoms with Crippen LogP contribution < -0.4 is 16.0 Å². The Labute approximate surface area is 199 Å². The Balaban J connectivity index is 2.79. The highest BCUT2D eigenvalue weighted by atomic mass is 16.5. The predicted molar refractivity (Wildman–Crippen MR) is 131 cm³/mol.